The molecule has 3 aromatic rings. The van der Waals surface area contributed by atoms with E-state index in [1.54, 1.807) is 23.1 Å². The van der Waals surface area contributed by atoms with Crippen molar-refractivity contribution in [2.24, 2.45) is 0 Å². The normalized spacial score (nSPS) is 19.9. The van der Waals surface area contributed by atoms with Crippen molar-refractivity contribution in [1.82, 2.24) is 4.90 Å². The van der Waals surface area contributed by atoms with Crippen molar-refractivity contribution in [3.8, 4) is 5.75 Å². The van der Waals surface area contributed by atoms with E-state index in [4.69, 9.17) is 13.9 Å². The maximum atomic E-state index is 13.6. The van der Waals surface area contributed by atoms with Gasteiger partial charge in [-0.05, 0) is 49.1 Å². The second kappa shape index (κ2) is 9.40. The Kier molecular flexibility index (Phi) is 6.18. The smallest absolute Gasteiger partial charge is 0.291 e. The first kappa shape index (κ1) is 21.7. The second-order valence-corrected chi connectivity index (χ2v) is 8.79. The van der Waals surface area contributed by atoms with Gasteiger partial charge < -0.3 is 18.8 Å². The summed E-state index contributed by atoms with van der Waals surface area (Å²) in [5.74, 6) is 0.616. The van der Waals surface area contributed by atoms with E-state index in [2.05, 4.69) is 6.92 Å². The van der Waals surface area contributed by atoms with Gasteiger partial charge in [0.15, 0.2) is 5.43 Å². The number of unbranched alkanes of at least 4 members (excludes halogenated alkanes) is 2. The number of nitrogens with zero attached hydrogens (tertiary/aromatic N) is 1. The average molecular weight is 448 g/mol. The summed E-state index contributed by atoms with van der Waals surface area (Å²) in [4.78, 5) is 28.8. The zero-order chi connectivity index (χ0) is 22.8. The standard InChI is InChI=1S/C27H29NO5/c1-2-3-6-14-31-19-10-7-9-18(16-19)24-23-25(29)21-12-4-5-13-22(21)33-26(23)27(30)28(24)17-20-11-8-15-32-20/h4-5,7,9-10,12-13,16,20,24H,2-3,6,8,11,14-15,17H2,1H3/t20-,24-/m1/s1. The van der Waals surface area contributed by atoms with Gasteiger partial charge in [0.25, 0.3) is 5.91 Å². The largest absolute Gasteiger partial charge is 0.494 e. The first-order chi connectivity index (χ1) is 16.2. The van der Waals surface area contributed by atoms with Gasteiger partial charge >= 0.3 is 0 Å². The van der Waals surface area contributed by atoms with Gasteiger partial charge in [-0.15, -0.1) is 0 Å². The van der Waals surface area contributed by atoms with Crippen molar-refractivity contribution in [3.05, 3.63) is 75.6 Å². The van der Waals surface area contributed by atoms with E-state index in [0.717, 1.165) is 43.4 Å². The molecule has 6 heteroatoms. The number of amides is 1. The van der Waals surface area contributed by atoms with Crippen LogP contribution in [-0.4, -0.2) is 36.7 Å². The molecule has 2 atom stereocenters. The highest BCUT2D eigenvalue weighted by Crippen LogP contribution is 2.39. The monoisotopic (exact) mass is 447 g/mol. The van der Waals surface area contributed by atoms with Crippen molar-refractivity contribution in [2.75, 3.05) is 19.8 Å². The summed E-state index contributed by atoms with van der Waals surface area (Å²) in [6.07, 6.45) is 5.08. The van der Waals surface area contributed by atoms with Crippen molar-refractivity contribution >= 4 is 16.9 Å². The summed E-state index contributed by atoms with van der Waals surface area (Å²) in [5.41, 5.74) is 1.52. The lowest BCUT2D eigenvalue weighted by Crippen LogP contribution is -2.36. The van der Waals surface area contributed by atoms with Crippen molar-refractivity contribution < 1.29 is 18.7 Å². The minimum atomic E-state index is -0.531. The fourth-order valence-electron chi connectivity index (χ4n) is 4.83. The molecule has 0 aliphatic carbocycles. The predicted molar refractivity (Wildman–Crippen MR) is 126 cm³/mol. The van der Waals surface area contributed by atoms with E-state index in [0.29, 0.717) is 36.3 Å². The minimum Gasteiger partial charge on any atom is -0.494 e. The maximum Gasteiger partial charge on any atom is 0.291 e. The summed E-state index contributed by atoms with van der Waals surface area (Å²) >= 11 is 0. The molecule has 0 saturated carbocycles. The molecule has 2 aromatic carbocycles. The zero-order valence-electron chi connectivity index (χ0n) is 18.9. The molecule has 1 aromatic heterocycles. The molecule has 33 heavy (non-hydrogen) atoms. The van der Waals surface area contributed by atoms with Crippen LogP contribution in [0.3, 0.4) is 0 Å². The van der Waals surface area contributed by atoms with Crippen LogP contribution < -0.4 is 10.2 Å². The molecule has 172 valence electrons. The highest BCUT2D eigenvalue weighted by molar-refractivity contribution is 5.99. The Labute approximate surface area is 193 Å². The molecule has 2 aliphatic heterocycles. The van der Waals surface area contributed by atoms with Gasteiger partial charge in [0.05, 0.1) is 29.7 Å². The van der Waals surface area contributed by atoms with E-state index in [1.165, 1.54) is 0 Å². The Hall–Kier alpha value is -3.12. The first-order valence-corrected chi connectivity index (χ1v) is 11.9. The number of hydrogen-bond donors (Lipinski definition) is 0. The quantitative estimate of drug-likeness (QED) is 0.450. The van der Waals surface area contributed by atoms with Crippen LogP contribution in [0.15, 0.2) is 57.7 Å². The molecule has 3 heterocycles. The average Bonchev–Trinajstić information content (AvgIpc) is 3.45. The Morgan fingerprint density at radius 3 is 2.79 bits per heavy atom. The molecule has 1 amide bonds. The Morgan fingerprint density at radius 1 is 1.09 bits per heavy atom. The number of hydrogen-bond acceptors (Lipinski definition) is 5. The van der Waals surface area contributed by atoms with Gasteiger partial charge in [-0.1, -0.05) is 44.0 Å². The van der Waals surface area contributed by atoms with Gasteiger partial charge in [-0.25, -0.2) is 0 Å². The van der Waals surface area contributed by atoms with Gasteiger partial charge in [-0.3, -0.25) is 9.59 Å². The van der Waals surface area contributed by atoms with Crippen LogP contribution in [0.25, 0.3) is 11.0 Å². The Morgan fingerprint density at radius 2 is 1.97 bits per heavy atom. The Bertz CT molecular complexity index is 1210. The minimum absolute atomic E-state index is 0.0382. The van der Waals surface area contributed by atoms with Crippen LogP contribution in [0.2, 0.25) is 0 Å². The molecule has 0 unspecified atom stereocenters. The topological polar surface area (TPSA) is 69.0 Å². The summed E-state index contributed by atoms with van der Waals surface area (Å²) in [7, 11) is 0. The molecule has 0 radical (unpaired) electrons. The predicted octanol–water partition coefficient (Wildman–Crippen LogP) is 5.09. The van der Waals surface area contributed by atoms with Crippen LogP contribution in [-0.2, 0) is 4.74 Å². The fraction of sp³-hybridized carbons (Fsp3) is 0.407. The lowest BCUT2D eigenvalue weighted by Gasteiger charge is -2.27. The molecule has 6 nitrogen and oxygen atoms in total. The molecule has 5 rings (SSSR count). The van der Waals surface area contributed by atoms with E-state index in [-0.39, 0.29) is 23.2 Å². The van der Waals surface area contributed by atoms with Crippen LogP contribution in [0, 0.1) is 0 Å². The summed E-state index contributed by atoms with van der Waals surface area (Å²) in [6, 6.07) is 14.3. The number of para-hydroxylation sites is 1. The number of carbonyl (C=O) groups is 1. The SMILES string of the molecule is CCCCCOc1cccc([C@@H]2c3c(oc4ccccc4c3=O)C(=O)N2C[C@H]2CCCO2)c1. The van der Waals surface area contributed by atoms with Crippen molar-refractivity contribution in [2.45, 2.75) is 51.2 Å². The number of rotatable bonds is 8. The third-order valence-corrected chi connectivity index (χ3v) is 6.49. The molecule has 2 aliphatic rings. The number of ether oxygens (including phenoxy) is 2. The number of carbonyl (C=O) groups excluding carboxylic acids is 1. The van der Waals surface area contributed by atoms with Gasteiger partial charge in [-0.2, -0.15) is 0 Å². The summed E-state index contributed by atoms with van der Waals surface area (Å²) in [6.45, 7) is 3.93. The van der Waals surface area contributed by atoms with Crippen LogP contribution in [0.5, 0.6) is 5.75 Å². The molecule has 1 saturated heterocycles. The van der Waals surface area contributed by atoms with E-state index in [1.807, 2.05) is 30.3 Å². The van der Waals surface area contributed by atoms with Gasteiger partial charge in [0, 0.05) is 13.2 Å². The summed E-state index contributed by atoms with van der Waals surface area (Å²) < 4.78 is 17.8. The van der Waals surface area contributed by atoms with Crippen LogP contribution in [0.4, 0.5) is 0 Å². The van der Waals surface area contributed by atoms with Crippen molar-refractivity contribution in [3.63, 3.8) is 0 Å². The molecule has 0 spiro atoms. The molecular formula is C27H29NO5. The lowest BCUT2D eigenvalue weighted by molar-refractivity contribution is 0.0486. The summed E-state index contributed by atoms with van der Waals surface area (Å²) in [5, 5.41) is 0.486. The number of fused-ring (bicyclic) bond motifs is 2. The third kappa shape index (κ3) is 4.15. The van der Waals surface area contributed by atoms with E-state index >= 15 is 0 Å². The van der Waals surface area contributed by atoms with E-state index < -0.39 is 6.04 Å². The fourth-order valence-corrected chi connectivity index (χ4v) is 4.83. The van der Waals surface area contributed by atoms with Crippen LogP contribution in [0.1, 0.15) is 66.8 Å². The zero-order valence-corrected chi connectivity index (χ0v) is 18.9. The molecule has 0 N–H and O–H groups in total. The molecule has 1 fully saturated rings. The molecule has 0 bridgehead atoms. The third-order valence-electron chi connectivity index (χ3n) is 6.49. The number of benzene rings is 2. The van der Waals surface area contributed by atoms with Gasteiger partial charge in [0.1, 0.15) is 11.3 Å². The van der Waals surface area contributed by atoms with E-state index in [9.17, 15) is 9.59 Å². The molecular weight excluding hydrogens is 418 g/mol. The van der Waals surface area contributed by atoms with Crippen molar-refractivity contribution in [1.29, 1.82) is 0 Å². The lowest BCUT2D eigenvalue weighted by atomic mass is 9.98. The second-order valence-electron chi connectivity index (χ2n) is 8.79. The van der Waals surface area contributed by atoms with Gasteiger partial charge in [0.2, 0.25) is 5.76 Å². The highest BCUT2D eigenvalue weighted by Gasteiger charge is 2.44. The Balaban J connectivity index is 1.57. The van der Waals surface area contributed by atoms with Crippen LogP contribution >= 0.6 is 0 Å². The first-order valence-electron chi connectivity index (χ1n) is 11.9. The maximum absolute atomic E-state index is 13.6. The highest BCUT2D eigenvalue weighted by atomic mass is 16.5.